The van der Waals surface area contributed by atoms with Gasteiger partial charge in [-0.2, -0.15) is 0 Å². The summed E-state index contributed by atoms with van der Waals surface area (Å²) in [6.07, 6.45) is 0. The standard InChI is InChI=1S/C18H19N3O2/c1-13-5-4-6-14(11-13)18(23)20-15-7-2-3-8-16(15)21-10-9-19-17(22)12-21/h2-8,11H,9-10,12H2,1H3,(H,19,22)(H,20,23). The molecule has 0 atom stereocenters. The summed E-state index contributed by atoms with van der Waals surface area (Å²) < 4.78 is 0. The summed E-state index contributed by atoms with van der Waals surface area (Å²) in [6, 6.07) is 15.0. The summed E-state index contributed by atoms with van der Waals surface area (Å²) in [5, 5.41) is 5.76. The van der Waals surface area contributed by atoms with Gasteiger partial charge in [0.1, 0.15) is 0 Å². The van der Waals surface area contributed by atoms with Crippen LogP contribution < -0.4 is 15.5 Å². The van der Waals surface area contributed by atoms with Crippen LogP contribution in [0.5, 0.6) is 0 Å². The molecule has 1 aliphatic rings. The fourth-order valence-electron chi connectivity index (χ4n) is 2.68. The Hall–Kier alpha value is -2.82. The molecule has 3 rings (SSSR count). The molecule has 1 saturated heterocycles. The fourth-order valence-corrected chi connectivity index (χ4v) is 2.68. The maximum Gasteiger partial charge on any atom is 0.255 e. The zero-order valence-electron chi connectivity index (χ0n) is 13.0. The molecular weight excluding hydrogens is 290 g/mol. The van der Waals surface area contributed by atoms with E-state index in [9.17, 15) is 9.59 Å². The van der Waals surface area contributed by atoms with Gasteiger partial charge >= 0.3 is 0 Å². The molecule has 2 amide bonds. The van der Waals surface area contributed by atoms with Crippen molar-refractivity contribution in [3.63, 3.8) is 0 Å². The van der Waals surface area contributed by atoms with Gasteiger partial charge in [-0.1, -0.05) is 29.8 Å². The molecule has 0 saturated carbocycles. The molecule has 5 nitrogen and oxygen atoms in total. The zero-order valence-corrected chi connectivity index (χ0v) is 13.0. The van der Waals surface area contributed by atoms with Crippen LogP contribution in [0.15, 0.2) is 48.5 Å². The Morgan fingerprint density at radius 3 is 2.78 bits per heavy atom. The quantitative estimate of drug-likeness (QED) is 0.913. The number of para-hydroxylation sites is 2. The maximum absolute atomic E-state index is 12.5. The first-order valence-corrected chi connectivity index (χ1v) is 7.62. The predicted octanol–water partition coefficient (Wildman–Crippen LogP) is 2.18. The number of nitrogens with one attached hydrogen (secondary N) is 2. The minimum absolute atomic E-state index is 0.00364. The lowest BCUT2D eigenvalue weighted by atomic mass is 10.1. The lowest BCUT2D eigenvalue weighted by molar-refractivity contribution is -0.120. The van der Waals surface area contributed by atoms with E-state index in [1.807, 2.05) is 54.3 Å². The van der Waals surface area contributed by atoms with E-state index in [1.165, 1.54) is 0 Å². The van der Waals surface area contributed by atoms with Crippen molar-refractivity contribution in [3.05, 3.63) is 59.7 Å². The van der Waals surface area contributed by atoms with Gasteiger partial charge in [-0.05, 0) is 31.2 Å². The molecule has 0 radical (unpaired) electrons. The highest BCUT2D eigenvalue weighted by molar-refractivity contribution is 6.06. The van der Waals surface area contributed by atoms with E-state index in [0.29, 0.717) is 24.3 Å². The normalized spacial score (nSPS) is 14.3. The Morgan fingerprint density at radius 1 is 1.17 bits per heavy atom. The third kappa shape index (κ3) is 3.51. The van der Waals surface area contributed by atoms with Crippen LogP contribution >= 0.6 is 0 Å². The Kier molecular flexibility index (Phi) is 4.28. The van der Waals surface area contributed by atoms with Gasteiger partial charge in [0.05, 0.1) is 17.9 Å². The minimum Gasteiger partial charge on any atom is -0.359 e. The molecule has 1 heterocycles. The third-order valence-corrected chi connectivity index (χ3v) is 3.81. The van der Waals surface area contributed by atoms with Crippen molar-refractivity contribution < 1.29 is 9.59 Å². The van der Waals surface area contributed by atoms with Gasteiger partial charge in [-0.3, -0.25) is 9.59 Å². The number of aryl methyl sites for hydroxylation is 1. The second-order valence-corrected chi connectivity index (χ2v) is 5.61. The molecule has 0 aliphatic carbocycles. The monoisotopic (exact) mass is 309 g/mol. The van der Waals surface area contributed by atoms with Crippen molar-refractivity contribution in [3.8, 4) is 0 Å². The maximum atomic E-state index is 12.5. The minimum atomic E-state index is -0.150. The number of nitrogens with zero attached hydrogens (tertiary/aromatic N) is 1. The number of anilines is 2. The van der Waals surface area contributed by atoms with Gasteiger partial charge in [-0.25, -0.2) is 0 Å². The van der Waals surface area contributed by atoms with Gasteiger partial charge in [0, 0.05) is 18.7 Å². The number of carbonyl (C=O) groups is 2. The first kappa shape index (κ1) is 15.1. The molecular formula is C18H19N3O2. The van der Waals surface area contributed by atoms with Crippen molar-refractivity contribution in [2.45, 2.75) is 6.92 Å². The van der Waals surface area contributed by atoms with Crippen molar-refractivity contribution in [1.29, 1.82) is 0 Å². The lowest BCUT2D eigenvalue weighted by Gasteiger charge is -2.30. The molecule has 0 unspecified atom stereocenters. The van der Waals surface area contributed by atoms with E-state index >= 15 is 0 Å². The third-order valence-electron chi connectivity index (χ3n) is 3.81. The van der Waals surface area contributed by atoms with Crippen LogP contribution in [0.4, 0.5) is 11.4 Å². The Bertz CT molecular complexity index is 743. The van der Waals surface area contributed by atoms with Crippen LogP contribution in [-0.2, 0) is 4.79 Å². The highest BCUT2D eigenvalue weighted by atomic mass is 16.2. The highest BCUT2D eigenvalue weighted by Gasteiger charge is 2.19. The molecule has 23 heavy (non-hydrogen) atoms. The van der Waals surface area contributed by atoms with E-state index in [0.717, 1.165) is 17.8 Å². The van der Waals surface area contributed by atoms with Crippen LogP contribution in [0.2, 0.25) is 0 Å². The van der Waals surface area contributed by atoms with Crippen LogP contribution in [0.25, 0.3) is 0 Å². The van der Waals surface area contributed by atoms with Gasteiger partial charge in [0.25, 0.3) is 5.91 Å². The summed E-state index contributed by atoms with van der Waals surface area (Å²) in [5.41, 5.74) is 3.24. The van der Waals surface area contributed by atoms with Crippen molar-refractivity contribution in [2.75, 3.05) is 29.9 Å². The van der Waals surface area contributed by atoms with Crippen LogP contribution in [0, 0.1) is 6.92 Å². The molecule has 2 aromatic carbocycles. The van der Waals surface area contributed by atoms with E-state index < -0.39 is 0 Å². The molecule has 118 valence electrons. The molecule has 2 N–H and O–H groups in total. The van der Waals surface area contributed by atoms with Gasteiger partial charge in [-0.15, -0.1) is 0 Å². The van der Waals surface area contributed by atoms with Gasteiger partial charge < -0.3 is 15.5 Å². The summed E-state index contributed by atoms with van der Waals surface area (Å²) >= 11 is 0. The number of amides is 2. The topological polar surface area (TPSA) is 61.4 Å². The number of benzene rings is 2. The SMILES string of the molecule is Cc1cccc(C(=O)Nc2ccccc2N2CCNC(=O)C2)c1. The van der Waals surface area contributed by atoms with Crippen molar-refractivity contribution in [2.24, 2.45) is 0 Å². The fraction of sp³-hybridized carbons (Fsp3) is 0.222. The number of hydrogen-bond donors (Lipinski definition) is 2. The molecule has 2 aromatic rings. The summed E-state index contributed by atoms with van der Waals surface area (Å²) in [5.74, 6) is -0.154. The smallest absolute Gasteiger partial charge is 0.255 e. The Labute approximate surface area is 135 Å². The van der Waals surface area contributed by atoms with Crippen LogP contribution in [0.3, 0.4) is 0 Å². The van der Waals surface area contributed by atoms with Crippen molar-refractivity contribution in [1.82, 2.24) is 5.32 Å². The van der Waals surface area contributed by atoms with E-state index in [1.54, 1.807) is 6.07 Å². The van der Waals surface area contributed by atoms with E-state index in [4.69, 9.17) is 0 Å². The van der Waals surface area contributed by atoms with Gasteiger partial charge in [0.2, 0.25) is 5.91 Å². The lowest BCUT2D eigenvalue weighted by Crippen LogP contribution is -2.47. The highest BCUT2D eigenvalue weighted by Crippen LogP contribution is 2.26. The largest absolute Gasteiger partial charge is 0.359 e. The number of rotatable bonds is 3. The molecule has 0 aromatic heterocycles. The Balaban J connectivity index is 1.83. The van der Waals surface area contributed by atoms with Crippen LogP contribution in [-0.4, -0.2) is 31.4 Å². The second-order valence-electron chi connectivity index (χ2n) is 5.61. The molecule has 1 aliphatic heterocycles. The first-order valence-electron chi connectivity index (χ1n) is 7.62. The summed E-state index contributed by atoms with van der Waals surface area (Å²) in [7, 11) is 0. The van der Waals surface area contributed by atoms with E-state index in [-0.39, 0.29) is 11.8 Å². The predicted molar refractivity (Wildman–Crippen MR) is 90.8 cm³/mol. The number of carbonyl (C=O) groups excluding carboxylic acids is 2. The Morgan fingerprint density at radius 2 is 2.00 bits per heavy atom. The molecule has 0 bridgehead atoms. The molecule has 1 fully saturated rings. The first-order chi connectivity index (χ1) is 11.1. The van der Waals surface area contributed by atoms with Crippen molar-refractivity contribution >= 4 is 23.2 Å². The van der Waals surface area contributed by atoms with E-state index in [2.05, 4.69) is 10.6 Å². The number of hydrogen-bond acceptors (Lipinski definition) is 3. The average molecular weight is 309 g/mol. The van der Waals surface area contributed by atoms with Crippen LogP contribution in [0.1, 0.15) is 15.9 Å². The molecule has 5 heteroatoms. The molecule has 0 spiro atoms. The summed E-state index contributed by atoms with van der Waals surface area (Å²) in [4.78, 5) is 26.0. The zero-order chi connectivity index (χ0) is 16.2. The number of piperazine rings is 1. The summed E-state index contributed by atoms with van der Waals surface area (Å²) in [6.45, 7) is 3.59. The van der Waals surface area contributed by atoms with Gasteiger partial charge in [0.15, 0.2) is 0 Å². The average Bonchev–Trinajstić information content (AvgIpc) is 2.55. The second kappa shape index (κ2) is 6.52.